The van der Waals surface area contributed by atoms with Gasteiger partial charge in [0.1, 0.15) is 12.4 Å². The van der Waals surface area contributed by atoms with Gasteiger partial charge in [-0.05, 0) is 18.2 Å². The van der Waals surface area contributed by atoms with Gasteiger partial charge in [-0.3, -0.25) is 14.9 Å². The molecule has 1 aromatic carbocycles. The van der Waals surface area contributed by atoms with E-state index >= 15 is 0 Å². The summed E-state index contributed by atoms with van der Waals surface area (Å²) >= 11 is 0. The fourth-order valence-electron chi connectivity index (χ4n) is 2.16. The number of pyridine rings is 1. The van der Waals surface area contributed by atoms with Crippen LogP contribution in [-0.2, 0) is 11.2 Å². The number of H-pyrrole nitrogens is 1. The average molecular weight is 296 g/mol. The van der Waals surface area contributed by atoms with Crippen LogP contribution in [0.1, 0.15) is 5.69 Å². The van der Waals surface area contributed by atoms with Crippen molar-refractivity contribution in [3.63, 3.8) is 0 Å². The van der Waals surface area contributed by atoms with Gasteiger partial charge < -0.3 is 10.1 Å². The number of benzene rings is 1. The van der Waals surface area contributed by atoms with Crippen LogP contribution in [-0.4, -0.2) is 34.2 Å². The zero-order valence-electron chi connectivity index (χ0n) is 12.0. The summed E-state index contributed by atoms with van der Waals surface area (Å²) < 4.78 is 5.46. The molecule has 0 aliphatic rings. The summed E-state index contributed by atoms with van der Waals surface area (Å²) in [6.07, 6.45) is 3.59. The first-order valence-electron chi connectivity index (χ1n) is 7.04. The highest BCUT2D eigenvalue weighted by Crippen LogP contribution is 2.15. The largest absolute Gasteiger partial charge is 0.490 e. The predicted octanol–water partition coefficient (Wildman–Crippen LogP) is 1.70. The maximum absolute atomic E-state index is 11.9. The second kappa shape index (κ2) is 6.71. The van der Waals surface area contributed by atoms with Crippen LogP contribution in [0.15, 0.2) is 48.8 Å². The van der Waals surface area contributed by atoms with Gasteiger partial charge in [0.15, 0.2) is 0 Å². The SMILES string of the molecule is O=C(Cc1[nH]nc2ccccc12)NCCOc1cccnc1. The molecule has 2 aromatic heterocycles. The van der Waals surface area contributed by atoms with Gasteiger partial charge in [0, 0.05) is 11.6 Å². The number of hydrogen-bond donors (Lipinski definition) is 2. The lowest BCUT2D eigenvalue weighted by atomic mass is 10.1. The zero-order chi connectivity index (χ0) is 15.2. The van der Waals surface area contributed by atoms with E-state index in [1.807, 2.05) is 30.3 Å². The van der Waals surface area contributed by atoms with Crippen LogP contribution in [0.2, 0.25) is 0 Å². The van der Waals surface area contributed by atoms with E-state index in [2.05, 4.69) is 20.5 Å². The molecule has 3 rings (SSSR count). The Kier molecular flexibility index (Phi) is 4.29. The van der Waals surface area contributed by atoms with E-state index in [0.717, 1.165) is 16.6 Å². The second-order valence-electron chi connectivity index (χ2n) is 4.78. The van der Waals surface area contributed by atoms with Crippen molar-refractivity contribution in [1.82, 2.24) is 20.5 Å². The number of rotatable bonds is 6. The summed E-state index contributed by atoms with van der Waals surface area (Å²) in [5.41, 5.74) is 1.69. The Morgan fingerprint density at radius 3 is 3.00 bits per heavy atom. The van der Waals surface area contributed by atoms with Gasteiger partial charge in [0.05, 0.1) is 30.4 Å². The Morgan fingerprint density at radius 1 is 1.23 bits per heavy atom. The van der Waals surface area contributed by atoms with Crippen molar-refractivity contribution in [3.8, 4) is 5.75 Å². The number of para-hydroxylation sites is 1. The molecule has 0 radical (unpaired) electrons. The predicted molar refractivity (Wildman–Crippen MR) is 82.5 cm³/mol. The van der Waals surface area contributed by atoms with Crippen molar-refractivity contribution in [2.75, 3.05) is 13.2 Å². The third-order valence-corrected chi connectivity index (χ3v) is 3.21. The van der Waals surface area contributed by atoms with Crippen molar-refractivity contribution < 1.29 is 9.53 Å². The molecule has 0 atom stereocenters. The molecule has 0 saturated carbocycles. The van der Waals surface area contributed by atoms with Gasteiger partial charge in [0.25, 0.3) is 0 Å². The molecule has 1 amide bonds. The number of nitrogens with zero attached hydrogens (tertiary/aromatic N) is 2. The molecule has 0 aliphatic carbocycles. The third kappa shape index (κ3) is 3.41. The molecule has 112 valence electrons. The maximum Gasteiger partial charge on any atom is 0.226 e. The standard InChI is InChI=1S/C16H16N4O2/c21-16(18-8-9-22-12-4-3-7-17-11-12)10-15-13-5-1-2-6-14(13)19-20-15/h1-7,11H,8-10H2,(H,18,21)(H,19,20). The first-order chi connectivity index (χ1) is 10.8. The number of nitrogens with one attached hydrogen (secondary N) is 2. The van der Waals surface area contributed by atoms with Crippen molar-refractivity contribution in [2.24, 2.45) is 0 Å². The van der Waals surface area contributed by atoms with Crippen LogP contribution in [0.3, 0.4) is 0 Å². The van der Waals surface area contributed by atoms with Gasteiger partial charge in [-0.1, -0.05) is 18.2 Å². The molecule has 0 aliphatic heterocycles. The van der Waals surface area contributed by atoms with Crippen LogP contribution in [0, 0.1) is 0 Å². The summed E-state index contributed by atoms with van der Waals surface area (Å²) in [7, 11) is 0. The molecule has 3 aromatic rings. The molecule has 0 spiro atoms. The molecule has 0 fully saturated rings. The fraction of sp³-hybridized carbons (Fsp3) is 0.188. The number of carbonyl (C=O) groups excluding carboxylic acids is 1. The van der Waals surface area contributed by atoms with E-state index in [-0.39, 0.29) is 12.3 Å². The second-order valence-corrected chi connectivity index (χ2v) is 4.78. The molecular formula is C16H16N4O2. The first-order valence-corrected chi connectivity index (χ1v) is 7.04. The zero-order valence-corrected chi connectivity index (χ0v) is 12.0. The molecule has 22 heavy (non-hydrogen) atoms. The quantitative estimate of drug-likeness (QED) is 0.678. The van der Waals surface area contributed by atoms with Gasteiger partial charge in [-0.2, -0.15) is 5.10 Å². The monoisotopic (exact) mass is 296 g/mol. The number of aromatic amines is 1. The number of amides is 1. The highest BCUT2D eigenvalue weighted by atomic mass is 16.5. The smallest absolute Gasteiger partial charge is 0.226 e. The Bertz CT molecular complexity index is 755. The summed E-state index contributed by atoms with van der Waals surface area (Å²) in [5, 5.41) is 10.9. The summed E-state index contributed by atoms with van der Waals surface area (Å²) in [6, 6.07) is 11.3. The summed E-state index contributed by atoms with van der Waals surface area (Å²) in [4.78, 5) is 15.9. The number of hydrogen-bond acceptors (Lipinski definition) is 4. The minimum absolute atomic E-state index is 0.0656. The molecule has 0 saturated heterocycles. The Hall–Kier alpha value is -2.89. The fourth-order valence-corrected chi connectivity index (χ4v) is 2.16. The lowest BCUT2D eigenvalue weighted by Crippen LogP contribution is -2.29. The average Bonchev–Trinajstić information content (AvgIpc) is 2.96. The van der Waals surface area contributed by atoms with Crippen molar-refractivity contribution >= 4 is 16.8 Å². The van der Waals surface area contributed by atoms with Crippen molar-refractivity contribution in [1.29, 1.82) is 0 Å². The van der Waals surface area contributed by atoms with E-state index in [0.29, 0.717) is 18.9 Å². The number of aromatic nitrogens is 3. The normalized spacial score (nSPS) is 10.5. The molecule has 6 heteroatoms. The molecular weight excluding hydrogens is 280 g/mol. The third-order valence-electron chi connectivity index (χ3n) is 3.21. The van der Waals surface area contributed by atoms with E-state index in [9.17, 15) is 4.79 Å². The van der Waals surface area contributed by atoms with Crippen molar-refractivity contribution in [2.45, 2.75) is 6.42 Å². The van der Waals surface area contributed by atoms with Gasteiger partial charge in [0.2, 0.25) is 5.91 Å². The van der Waals surface area contributed by atoms with Crippen molar-refractivity contribution in [3.05, 3.63) is 54.5 Å². The van der Waals surface area contributed by atoms with E-state index < -0.39 is 0 Å². The van der Waals surface area contributed by atoms with Crippen LogP contribution in [0.25, 0.3) is 10.9 Å². The summed E-state index contributed by atoms with van der Waals surface area (Å²) in [6.45, 7) is 0.848. The van der Waals surface area contributed by atoms with Crippen LogP contribution < -0.4 is 10.1 Å². The minimum atomic E-state index is -0.0656. The van der Waals surface area contributed by atoms with Gasteiger partial charge in [-0.25, -0.2) is 0 Å². The van der Waals surface area contributed by atoms with Crippen LogP contribution in [0.5, 0.6) is 5.75 Å². The van der Waals surface area contributed by atoms with Gasteiger partial charge in [-0.15, -0.1) is 0 Å². The first kappa shape index (κ1) is 14.1. The maximum atomic E-state index is 11.9. The Labute approximate surface area is 127 Å². The molecule has 0 bridgehead atoms. The lowest BCUT2D eigenvalue weighted by molar-refractivity contribution is -0.120. The number of fused-ring (bicyclic) bond motifs is 1. The number of carbonyl (C=O) groups is 1. The Balaban J connectivity index is 1.47. The molecule has 2 heterocycles. The topological polar surface area (TPSA) is 79.9 Å². The highest BCUT2D eigenvalue weighted by molar-refractivity contribution is 5.87. The summed E-state index contributed by atoms with van der Waals surface area (Å²) in [5.74, 6) is 0.625. The van der Waals surface area contributed by atoms with Crippen LogP contribution >= 0.6 is 0 Å². The highest BCUT2D eigenvalue weighted by Gasteiger charge is 2.09. The number of ether oxygens (including phenoxy) is 1. The van der Waals surface area contributed by atoms with E-state index in [1.165, 1.54) is 0 Å². The van der Waals surface area contributed by atoms with E-state index in [1.54, 1.807) is 18.5 Å². The van der Waals surface area contributed by atoms with Gasteiger partial charge >= 0.3 is 0 Å². The van der Waals surface area contributed by atoms with Crippen LogP contribution in [0.4, 0.5) is 0 Å². The molecule has 6 nitrogen and oxygen atoms in total. The Morgan fingerprint density at radius 2 is 2.14 bits per heavy atom. The van der Waals surface area contributed by atoms with E-state index in [4.69, 9.17) is 4.74 Å². The molecule has 0 unspecified atom stereocenters. The minimum Gasteiger partial charge on any atom is -0.490 e. The lowest BCUT2D eigenvalue weighted by Gasteiger charge is -2.07. The molecule has 2 N–H and O–H groups in total.